The highest BCUT2D eigenvalue weighted by Crippen LogP contribution is 2.27. The van der Waals surface area contributed by atoms with E-state index in [-0.39, 0.29) is 12.1 Å². The Hall–Kier alpha value is -0.490. The zero-order valence-corrected chi connectivity index (χ0v) is 9.04. The van der Waals surface area contributed by atoms with Crippen molar-refractivity contribution in [2.24, 2.45) is 5.73 Å². The summed E-state index contributed by atoms with van der Waals surface area (Å²) in [7, 11) is 2.09. The SMILES string of the molecule is CN1CCOC(CN)C1c1cscn1. The molecule has 1 aromatic rings. The van der Waals surface area contributed by atoms with Crippen molar-refractivity contribution in [2.75, 3.05) is 26.7 Å². The summed E-state index contributed by atoms with van der Waals surface area (Å²) in [5.74, 6) is 0. The lowest BCUT2D eigenvalue weighted by molar-refractivity contribution is -0.0588. The van der Waals surface area contributed by atoms with E-state index in [1.165, 1.54) is 0 Å². The minimum Gasteiger partial charge on any atom is -0.374 e. The molecule has 0 spiro atoms. The van der Waals surface area contributed by atoms with Crippen LogP contribution in [0.4, 0.5) is 0 Å². The van der Waals surface area contributed by atoms with Gasteiger partial charge in [0.05, 0.1) is 30.0 Å². The lowest BCUT2D eigenvalue weighted by Crippen LogP contribution is -2.46. The van der Waals surface area contributed by atoms with Crippen molar-refractivity contribution in [1.29, 1.82) is 0 Å². The number of morpholine rings is 1. The largest absolute Gasteiger partial charge is 0.374 e. The first-order valence-corrected chi connectivity index (χ1v) is 5.67. The fourth-order valence-corrected chi connectivity index (χ4v) is 2.43. The minimum absolute atomic E-state index is 0.0795. The van der Waals surface area contributed by atoms with E-state index < -0.39 is 0 Å². The van der Waals surface area contributed by atoms with Crippen molar-refractivity contribution in [3.05, 3.63) is 16.6 Å². The van der Waals surface area contributed by atoms with Gasteiger partial charge in [0.2, 0.25) is 0 Å². The quantitative estimate of drug-likeness (QED) is 0.776. The summed E-state index contributed by atoms with van der Waals surface area (Å²) in [5.41, 5.74) is 8.61. The van der Waals surface area contributed by atoms with E-state index >= 15 is 0 Å². The van der Waals surface area contributed by atoms with Crippen molar-refractivity contribution >= 4 is 11.3 Å². The average Bonchev–Trinajstić information content (AvgIpc) is 2.70. The van der Waals surface area contributed by atoms with Crippen LogP contribution in [0.1, 0.15) is 11.7 Å². The normalized spacial score (nSPS) is 29.3. The highest BCUT2D eigenvalue weighted by Gasteiger charge is 2.31. The van der Waals surface area contributed by atoms with Gasteiger partial charge in [0.25, 0.3) is 0 Å². The minimum atomic E-state index is 0.0795. The fraction of sp³-hybridized carbons (Fsp3) is 0.667. The standard InChI is InChI=1S/C9H15N3OS/c1-12-2-3-13-8(4-10)9(12)7-5-14-6-11-7/h5-6,8-9H,2-4,10H2,1H3. The Bertz CT molecular complexity index is 278. The number of thiazole rings is 1. The molecule has 1 aliphatic heterocycles. The molecule has 0 saturated carbocycles. The topological polar surface area (TPSA) is 51.4 Å². The molecule has 1 aliphatic rings. The van der Waals surface area contributed by atoms with E-state index in [2.05, 4.69) is 22.3 Å². The number of hydrogen-bond acceptors (Lipinski definition) is 5. The molecule has 5 heteroatoms. The lowest BCUT2D eigenvalue weighted by Gasteiger charge is -2.37. The van der Waals surface area contributed by atoms with Crippen molar-refractivity contribution in [3.8, 4) is 0 Å². The van der Waals surface area contributed by atoms with Crippen LogP contribution in [-0.4, -0.2) is 42.7 Å². The molecule has 2 N–H and O–H groups in total. The molecule has 0 radical (unpaired) electrons. The molecule has 0 aromatic carbocycles. The highest BCUT2D eigenvalue weighted by molar-refractivity contribution is 7.07. The van der Waals surface area contributed by atoms with Crippen molar-refractivity contribution in [3.63, 3.8) is 0 Å². The first kappa shape index (κ1) is 10.0. The number of nitrogens with zero attached hydrogens (tertiary/aromatic N) is 2. The van der Waals surface area contributed by atoms with Gasteiger partial charge >= 0.3 is 0 Å². The summed E-state index contributed by atoms with van der Waals surface area (Å²) in [6.07, 6.45) is 0.0795. The van der Waals surface area contributed by atoms with Gasteiger partial charge in [-0.1, -0.05) is 0 Å². The maximum absolute atomic E-state index is 5.69. The first-order chi connectivity index (χ1) is 6.83. The van der Waals surface area contributed by atoms with Crippen LogP contribution < -0.4 is 5.73 Å². The highest BCUT2D eigenvalue weighted by atomic mass is 32.1. The van der Waals surface area contributed by atoms with Crippen LogP contribution in [0.25, 0.3) is 0 Å². The van der Waals surface area contributed by atoms with Gasteiger partial charge < -0.3 is 10.5 Å². The molecule has 2 atom stereocenters. The van der Waals surface area contributed by atoms with Crippen molar-refractivity contribution in [2.45, 2.75) is 12.1 Å². The predicted molar refractivity (Wildman–Crippen MR) is 56.3 cm³/mol. The van der Waals surface area contributed by atoms with Crippen LogP contribution in [0.2, 0.25) is 0 Å². The Morgan fingerprint density at radius 1 is 1.79 bits per heavy atom. The van der Waals surface area contributed by atoms with Gasteiger partial charge in [-0.05, 0) is 7.05 Å². The molecule has 0 aliphatic carbocycles. The number of hydrogen-bond donors (Lipinski definition) is 1. The Morgan fingerprint density at radius 3 is 3.29 bits per heavy atom. The third-order valence-electron chi connectivity index (χ3n) is 2.59. The van der Waals surface area contributed by atoms with E-state index in [0.29, 0.717) is 6.54 Å². The number of likely N-dealkylation sites (N-methyl/N-ethyl adjacent to an activating group) is 1. The number of nitrogens with two attached hydrogens (primary N) is 1. The van der Waals surface area contributed by atoms with Crippen LogP contribution in [0.5, 0.6) is 0 Å². The molecule has 0 amide bonds. The average molecular weight is 213 g/mol. The summed E-state index contributed by atoms with van der Waals surface area (Å²) in [6, 6.07) is 0.222. The maximum atomic E-state index is 5.69. The van der Waals surface area contributed by atoms with Crippen molar-refractivity contribution < 1.29 is 4.74 Å². The number of aromatic nitrogens is 1. The monoisotopic (exact) mass is 213 g/mol. The lowest BCUT2D eigenvalue weighted by atomic mass is 10.1. The summed E-state index contributed by atoms with van der Waals surface area (Å²) >= 11 is 1.61. The molecule has 78 valence electrons. The Labute approximate surface area is 87.7 Å². The van der Waals surface area contributed by atoms with Crippen molar-refractivity contribution in [1.82, 2.24) is 9.88 Å². The van der Waals surface area contributed by atoms with Gasteiger partial charge in [-0.2, -0.15) is 0 Å². The van der Waals surface area contributed by atoms with E-state index in [9.17, 15) is 0 Å². The van der Waals surface area contributed by atoms with Gasteiger partial charge in [-0.3, -0.25) is 4.90 Å². The van der Waals surface area contributed by atoms with E-state index in [1.54, 1.807) is 11.3 Å². The smallest absolute Gasteiger partial charge is 0.0909 e. The second-order valence-corrected chi connectivity index (χ2v) is 4.20. The molecule has 14 heavy (non-hydrogen) atoms. The second-order valence-electron chi connectivity index (χ2n) is 3.48. The van der Waals surface area contributed by atoms with E-state index in [0.717, 1.165) is 18.8 Å². The second kappa shape index (κ2) is 4.35. The maximum Gasteiger partial charge on any atom is 0.0909 e. The van der Waals surface area contributed by atoms with E-state index in [4.69, 9.17) is 10.5 Å². The zero-order valence-electron chi connectivity index (χ0n) is 8.22. The summed E-state index contributed by atoms with van der Waals surface area (Å²) in [6.45, 7) is 2.25. The summed E-state index contributed by atoms with van der Waals surface area (Å²) < 4.78 is 5.63. The molecular weight excluding hydrogens is 198 g/mol. The predicted octanol–water partition coefficient (Wildman–Crippen LogP) is 0.473. The summed E-state index contributed by atoms with van der Waals surface area (Å²) in [4.78, 5) is 6.59. The summed E-state index contributed by atoms with van der Waals surface area (Å²) in [5, 5.41) is 2.07. The molecule has 1 fully saturated rings. The molecule has 2 rings (SSSR count). The molecule has 1 saturated heterocycles. The Morgan fingerprint density at radius 2 is 2.64 bits per heavy atom. The van der Waals surface area contributed by atoms with E-state index in [1.807, 2.05) is 5.51 Å². The van der Waals surface area contributed by atoms with Gasteiger partial charge in [-0.25, -0.2) is 4.98 Å². The Kier molecular flexibility index (Phi) is 3.12. The third-order valence-corrected chi connectivity index (χ3v) is 3.19. The first-order valence-electron chi connectivity index (χ1n) is 4.73. The fourth-order valence-electron chi connectivity index (χ4n) is 1.84. The molecule has 0 bridgehead atoms. The molecular formula is C9H15N3OS. The molecule has 1 aromatic heterocycles. The molecule has 2 unspecified atom stereocenters. The van der Waals surface area contributed by atoms with Gasteiger partial charge in [0, 0.05) is 18.5 Å². The van der Waals surface area contributed by atoms with Crippen LogP contribution in [0, 0.1) is 0 Å². The van der Waals surface area contributed by atoms with Crippen LogP contribution >= 0.6 is 11.3 Å². The Balaban J connectivity index is 2.19. The van der Waals surface area contributed by atoms with Gasteiger partial charge in [0.15, 0.2) is 0 Å². The zero-order chi connectivity index (χ0) is 9.97. The number of ether oxygens (including phenoxy) is 1. The molecule has 4 nitrogen and oxygen atoms in total. The number of rotatable bonds is 2. The molecule has 2 heterocycles. The third kappa shape index (κ3) is 1.81. The van der Waals surface area contributed by atoms with Crippen LogP contribution in [0.3, 0.4) is 0 Å². The van der Waals surface area contributed by atoms with Gasteiger partial charge in [0.1, 0.15) is 0 Å². The van der Waals surface area contributed by atoms with Crippen LogP contribution in [-0.2, 0) is 4.74 Å². The van der Waals surface area contributed by atoms with Crippen LogP contribution in [0.15, 0.2) is 10.9 Å². The van der Waals surface area contributed by atoms with Gasteiger partial charge in [-0.15, -0.1) is 11.3 Å².